The molecule has 4 heterocycles. The van der Waals surface area contributed by atoms with Crippen molar-refractivity contribution in [1.29, 1.82) is 0 Å². The Bertz CT molecular complexity index is 2970. The molecule has 0 amide bonds. The second kappa shape index (κ2) is 11.7. The second-order valence-corrected chi connectivity index (χ2v) is 19.1. The third kappa shape index (κ3) is 4.55. The average Bonchev–Trinajstić information content (AvgIpc) is 3.91. The molecule has 4 heteroatoms. The highest BCUT2D eigenvalue weighted by Crippen LogP contribution is 2.61. The Kier molecular flexibility index (Phi) is 6.89. The van der Waals surface area contributed by atoms with Crippen molar-refractivity contribution in [2.45, 2.75) is 75.9 Å². The highest BCUT2D eigenvalue weighted by Gasteiger charge is 2.53. The summed E-state index contributed by atoms with van der Waals surface area (Å²) in [5.41, 5.74) is 14.0. The predicted octanol–water partition coefficient (Wildman–Crippen LogP) is 13.8. The summed E-state index contributed by atoms with van der Waals surface area (Å²) in [7, 11) is 0. The van der Waals surface area contributed by atoms with Crippen LogP contribution in [0.4, 0.5) is 28.4 Å². The van der Waals surface area contributed by atoms with E-state index in [9.17, 15) is 0 Å². The summed E-state index contributed by atoms with van der Waals surface area (Å²) in [6.07, 6.45) is 24.1. The maximum atomic E-state index is 6.81. The summed E-state index contributed by atoms with van der Waals surface area (Å²) < 4.78 is 6.81. The first kappa shape index (κ1) is 34.8. The van der Waals surface area contributed by atoms with Crippen LogP contribution < -0.4 is 14.7 Å². The van der Waals surface area contributed by atoms with Gasteiger partial charge in [-0.25, -0.2) is 0 Å². The molecule has 3 aliphatic heterocycles. The van der Waals surface area contributed by atoms with Crippen LogP contribution in [-0.2, 0) is 5.41 Å². The minimum Gasteiger partial charge on any atom is -0.456 e. The molecule has 59 heavy (non-hydrogen) atoms. The first-order valence-electron chi connectivity index (χ1n) is 21.3. The van der Waals surface area contributed by atoms with Crippen molar-refractivity contribution in [1.82, 2.24) is 0 Å². The predicted molar refractivity (Wildman–Crippen MR) is 245 cm³/mol. The molecule has 3 aliphatic carbocycles. The Labute approximate surface area is 347 Å². The van der Waals surface area contributed by atoms with E-state index in [0.717, 1.165) is 11.2 Å². The number of benzene rings is 5. The Morgan fingerprint density at radius 2 is 1.34 bits per heavy atom. The van der Waals surface area contributed by atoms with Crippen molar-refractivity contribution < 1.29 is 4.42 Å². The van der Waals surface area contributed by atoms with Crippen LogP contribution >= 0.6 is 0 Å². The molecule has 6 aliphatic rings. The van der Waals surface area contributed by atoms with Gasteiger partial charge in [-0.1, -0.05) is 130 Å². The molecule has 0 radical (unpaired) electrons. The number of anilines is 5. The lowest BCUT2D eigenvalue weighted by Gasteiger charge is -2.42. The Morgan fingerprint density at radius 3 is 2.19 bits per heavy atom. The highest BCUT2D eigenvalue weighted by molar-refractivity contribution is 6.08. The summed E-state index contributed by atoms with van der Waals surface area (Å²) in [4.78, 5) is 7.76. The van der Waals surface area contributed by atoms with Crippen molar-refractivity contribution in [2.24, 2.45) is 5.41 Å². The Morgan fingerprint density at radius 1 is 0.610 bits per heavy atom. The first-order chi connectivity index (χ1) is 28.5. The van der Waals surface area contributed by atoms with Gasteiger partial charge in [-0.05, 0) is 104 Å². The van der Waals surface area contributed by atoms with E-state index in [2.05, 4.69) is 226 Å². The number of hydrogen-bond acceptors (Lipinski definition) is 4. The lowest BCUT2D eigenvalue weighted by molar-refractivity contribution is 0.482. The monoisotopic (exact) mass is 767 g/mol. The summed E-state index contributed by atoms with van der Waals surface area (Å²) in [6.45, 7) is 14.2. The van der Waals surface area contributed by atoms with Crippen LogP contribution in [0.5, 0.6) is 0 Å². The number of fused-ring (bicyclic) bond motifs is 13. The van der Waals surface area contributed by atoms with Gasteiger partial charge in [0.25, 0.3) is 0 Å². The van der Waals surface area contributed by atoms with Gasteiger partial charge < -0.3 is 19.1 Å². The van der Waals surface area contributed by atoms with Crippen LogP contribution in [-0.4, -0.2) is 17.1 Å². The normalized spacial score (nSPS) is 28.4. The lowest BCUT2D eigenvalue weighted by Crippen LogP contribution is -2.45. The van der Waals surface area contributed by atoms with E-state index in [4.69, 9.17) is 4.42 Å². The van der Waals surface area contributed by atoms with E-state index in [1.54, 1.807) is 0 Å². The average molecular weight is 768 g/mol. The smallest absolute Gasteiger partial charge is 0.141 e. The maximum absolute atomic E-state index is 6.81. The molecule has 12 rings (SSSR count). The Hall–Kier alpha value is -6.26. The van der Waals surface area contributed by atoms with E-state index in [1.807, 2.05) is 0 Å². The van der Waals surface area contributed by atoms with Crippen LogP contribution in [0.3, 0.4) is 0 Å². The summed E-state index contributed by atoms with van der Waals surface area (Å²) in [6, 6.07) is 40.4. The molecule has 6 atom stereocenters. The number of nitrogens with zero attached hydrogens (tertiary/aromatic N) is 3. The summed E-state index contributed by atoms with van der Waals surface area (Å²) in [5, 5.41) is 2.36. The van der Waals surface area contributed by atoms with E-state index in [0.29, 0.717) is 0 Å². The molecule has 6 aromatic rings. The van der Waals surface area contributed by atoms with Gasteiger partial charge in [0.2, 0.25) is 0 Å². The van der Waals surface area contributed by atoms with E-state index < -0.39 is 0 Å². The SMILES string of the molecule is CC(C)(C)C1=CC2c3c(ccc4c3oc3ccccc34)N(c3ccc4c(c3)C3(C)C=CC=CC3N4C3=CC4c5ccccc5N(c5ccccc5)C4(C)C=C3)C2(C)C=C1. The topological polar surface area (TPSA) is 22.9 Å². The van der Waals surface area contributed by atoms with Crippen LogP contribution in [0.1, 0.15) is 70.1 Å². The van der Waals surface area contributed by atoms with Crippen molar-refractivity contribution >= 4 is 50.4 Å². The molecule has 5 aromatic carbocycles. The first-order valence-corrected chi connectivity index (χ1v) is 21.3. The van der Waals surface area contributed by atoms with Gasteiger partial charge in [-0.2, -0.15) is 0 Å². The van der Waals surface area contributed by atoms with Gasteiger partial charge in [0.1, 0.15) is 11.2 Å². The molecular weight excluding hydrogens is 719 g/mol. The molecule has 0 fully saturated rings. The van der Waals surface area contributed by atoms with Crippen molar-refractivity contribution in [3.05, 3.63) is 198 Å². The number of furan rings is 1. The quantitative estimate of drug-likeness (QED) is 0.179. The number of rotatable bonds is 3. The van der Waals surface area contributed by atoms with Crippen LogP contribution in [0.2, 0.25) is 0 Å². The Balaban J connectivity index is 1.01. The lowest BCUT2D eigenvalue weighted by atomic mass is 9.73. The molecule has 0 bridgehead atoms. The van der Waals surface area contributed by atoms with E-state index in [-0.39, 0.29) is 39.8 Å². The van der Waals surface area contributed by atoms with Crippen LogP contribution in [0, 0.1) is 5.41 Å². The fraction of sp³-hybridized carbons (Fsp3) is 0.236. The van der Waals surface area contributed by atoms with Crippen LogP contribution in [0.15, 0.2) is 186 Å². The molecule has 0 N–H and O–H groups in total. The second-order valence-electron chi connectivity index (χ2n) is 19.1. The standard InChI is InChI=1S/C55H49N3O/c1-52(2,3)35-27-30-55(6)44(32-35)50-47(26-24-40-39-18-11-13-21-48(39)59-51(40)50)58(55)38-23-25-46-43(34-38)53(4)29-15-14-22-49(53)56(46)37-28-31-54(5)42(33-37)41-19-10-12-20-45(41)57(54)36-16-8-7-9-17-36/h7-34,42,44,49H,1-6H3. The largest absolute Gasteiger partial charge is 0.456 e. The van der Waals surface area contributed by atoms with Crippen LogP contribution in [0.25, 0.3) is 21.9 Å². The minimum absolute atomic E-state index is 0.0226. The van der Waals surface area contributed by atoms with Gasteiger partial charge in [0.15, 0.2) is 0 Å². The zero-order valence-corrected chi connectivity index (χ0v) is 34.6. The van der Waals surface area contributed by atoms with Crippen molar-refractivity contribution in [2.75, 3.05) is 14.7 Å². The van der Waals surface area contributed by atoms with Gasteiger partial charge >= 0.3 is 0 Å². The third-order valence-corrected chi connectivity index (χ3v) is 14.7. The molecule has 290 valence electrons. The molecular formula is C55H49N3O. The minimum atomic E-state index is -0.334. The zero-order valence-electron chi connectivity index (χ0n) is 34.6. The van der Waals surface area contributed by atoms with Gasteiger partial charge in [0.05, 0.1) is 17.1 Å². The molecule has 4 nitrogen and oxygen atoms in total. The molecule has 0 saturated heterocycles. The molecule has 0 spiro atoms. The van der Waals surface area contributed by atoms with Gasteiger partial charge in [0, 0.05) is 67.7 Å². The third-order valence-electron chi connectivity index (χ3n) is 14.7. The highest BCUT2D eigenvalue weighted by atomic mass is 16.3. The molecule has 0 saturated carbocycles. The van der Waals surface area contributed by atoms with Crippen molar-refractivity contribution in [3.8, 4) is 0 Å². The van der Waals surface area contributed by atoms with Gasteiger partial charge in [-0.3, -0.25) is 0 Å². The maximum Gasteiger partial charge on any atom is 0.141 e. The zero-order chi connectivity index (χ0) is 40.1. The number of hydrogen-bond donors (Lipinski definition) is 0. The molecule has 1 aromatic heterocycles. The van der Waals surface area contributed by atoms with E-state index >= 15 is 0 Å². The summed E-state index contributed by atoms with van der Waals surface area (Å²) in [5.74, 6) is 0.303. The number of allylic oxidation sites excluding steroid dienone is 5. The van der Waals surface area contributed by atoms with Crippen molar-refractivity contribution in [3.63, 3.8) is 0 Å². The molecule has 6 unspecified atom stereocenters. The van der Waals surface area contributed by atoms with Gasteiger partial charge in [-0.15, -0.1) is 0 Å². The summed E-state index contributed by atoms with van der Waals surface area (Å²) >= 11 is 0. The fourth-order valence-corrected chi connectivity index (χ4v) is 11.6. The number of para-hydroxylation sites is 3. The van der Waals surface area contributed by atoms with E-state index in [1.165, 1.54) is 67.2 Å². The fourth-order valence-electron chi connectivity index (χ4n) is 11.6.